The highest BCUT2D eigenvalue weighted by atomic mass is 35.5. The molecule has 0 aromatic carbocycles. The molecule has 0 spiro atoms. The SMILES string of the molecule is CCCCn1nc(C)c(/C=C/C(=O)NNC(=O)c2ccc[nH]2)c1Cl. The van der Waals surface area contributed by atoms with Crippen LogP contribution < -0.4 is 10.9 Å². The van der Waals surface area contributed by atoms with Gasteiger partial charge in [0.2, 0.25) is 0 Å². The molecule has 2 aromatic heterocycles. The maximum Gasteiger partial charge on any atom is 0.286 e. The number of halogens is 1. The van der Waals surface area contributed by atoms with Crippen LogP contribution in [0, 0.1) is 6.92 Å². The van der Waals surface area contributed by atoms with Gasteiger partial charge in [-0.25, -0.2) is 0 Å². The lowest BCUT2D eigenvalue weighted by molar-refractivity contribution is -0.117. The molecule has 0 bridgehead atoms. The molecule has 24 heavy (non-hydrogen) atoms. The third kappa shape index (κ3) is 4.48. The molecule has 3 N–H and O–H groups in total. The summed E-state index contributed by atoms with van der Waals surface area (Å²) in [6.07, 6.45) is 6.54. The lowest BCUT2D eigenvalue weighted by Crippen LogP contribution is -2.40. The Hall–Kier alpha value is -2.54. The Balaban J connectivity index is 1.94. The molecule has 0 atom stereocenters. The number of aryl methyl sites for hydroxylation is 2. The molecule has 7 nitrogen and oxygen atoms in total. The zero-order valence-electron chi connectivity index (χ0n) is 13.6. The van der Waals surface area contributed by atoms with Crippen molar-refractivity contribution < 1.29 is 9.59 Å². The third-order valence-corrected chi connectivity index (χ3v) is 3.77. The first-order chi connectivity index (χ1) is 11.5. The van der Waals surface area contributed by atoms with E-state index in [1.54, 1.807) is 29.1 Å². The predicted molar refractivity (Wildman–Crippen MR) is 92.3 cm³/mol. The van der Waals surface area contributed by atoms with Gasteiger partial charge in [-0.15, -0.1) is 0 Å². The topological polar surface area (TPSA) is 91.8 Å². The van der Waals surface area contributed by atoms with Gasteiger partial charge in [-0.3, -0.25) is 25.1 Å². The van der Waals surface area contributed by atoms with E-state index in [4.69, 9.17) is 11.6 Å². The minimum absolute atomic E-state index is 0.357. The summed E-state index contributed by atoms with van der Waals surface area (Å²) < 4.78 is 1.73. The van der Waals surface area contributed by atoms with E-state index < -0.39 is 11.8 Å². The highest BCUT2D eigenvalue weighted by Crippen LogP contribution is 2.21. The highest BCUT2D eigenvalue weighted by molar-refractivity contribution is 6.31. The van der Waals surface area contributed by atoms with Crippen LogP contribution in [-0.2, 0) is 11.3 Å². The number of unbranched alkanes of at least 4 members (excludes halogenated alkanes) is 1. The molecule has 0 aliphatic carbocycles. The largest absolute Gasteiger partial charge is 0.357 e. The monoisotopic (exact) mass is 349 g/mol. The Morgan fingerprint density at radius 1 is 1.42 bits per heavy atom. The number of amides is 2. The maximum absolute atomic E-state index is 11.8. The van der Waals surface area contributed by atoms with Gasteiger partial charge in [0.1, 0.15) is 10.8 Å². The van der Waals surface area contributed by atoms with Gasteiger partial charge in [-0.1, -0.05) is 24.9 Å². The summed E-state index contributed by atoms with van der Waals surface area (Å²) in [6, 6.07) is 3.29. The van der Waals surface area contributed by atoms with Crippen LogP contribution in [0.15, 0.2) is 24.4 Å². The van der Waals surface area contributed by atoms with Crippen molar-refractivity contribution >= 4 is 29.5 Å². The summed E-state index contributed by atoms with van der Waals surface area (Å²) >= 11 is 6.29. The average molecular weight is 350 g/mol. The number of hydrogen-bond donors (Lipinski definition) is 3. The quantitative estimate of drug-likeness (QED) is 0.552. The smallest absolute Gasteiger partial charge is 0.286 e. The second-order valence-electron chi connectivity index (χ2n) is 5.23. The zero-order valence-corrected chi connectivity index (χ0v) is 14.4. The molecule has 0 saturated carbocycles. The Morgan fingerprint density at radius 3 is 2.88 bits per heavy atom. The van der Waals surface area contributed by atoms with Crippen molar-refractivity contribution in [3.63, 3.8) is 0 Å². The van der Waals surface area contributed by atoms with Gasteiger partial charge in [0.15, 0.2) is 0 Å². The molecule has 2 heterocycles. The first-order valence-corrected chi connectivity index (χ1v) is 8.05. The van der Waals surface area contributed by atoms with E-state index in [0.717, 1.165) is 25.1 Å². The van der Waals surface area contributed by atoms with Crippen LogP contribution in [0.5, 0.6) is 0 Å². The van der Waals surface area contributed by atoms with E-state index in [-0.39, 0.29) is 0 Å². The van der Waals surface area contributed by atoms with Crippen molar-refractivity contribution in [2.75, 3.05) is 0 Å². The molecule has 0 radical (unpaired) electrons. The molecule has 2 rings (SSSR count). The van der Waals surface area contributed by atoms with Gasteiger partial charge >= 0.3 is 0 Å². The molecular formula is C16H20ClN5O2. The summed E-state index contributed by atoms with van der Waals surface area (Å²) in [5.41, 5.74) is 6.41. The van der Waals surface area contributed by atoms with Crippen molar-refractivity contribution in [1.29, 1.82) is 0 Å². The number of aromatic nitrogens is 3. The van der Waals surface area contributed by atoms with Crippen LogP contribution >= 0.6 is 11.6 Å². The van der Waals surface area contributed by atoms with Crippen LogP contribution in [0.4, 0.5) is 0 Å². The summed E-state index contributed by atoms with van der Waals surface area (Å²) in [7, 11) is 0. The first-order valence-electron chi connectivity index (χ1n) is 7.67. The van der Waals surface area contributed by atoms with Crippen LogP contribution in [0.1, 0.15) is 41.5 Å². The van der Waals surface area contributed by atoms with Gasteiger partial charge in [0, 0.05) is 24.4 Å². The molecule has 2 aromatic rings. The van der Waals surface area contributed by atoms with Crippen LogP contribution in [0.2, 0.25) is 5.15 Å². The van der Waals surface area contributed by atoms with E-state index in [0.29, 0.717) is 16.4 Å². The number of hydrogen-bond acceptors (Lipinski definition) is 3. The molecule has 0 aliphatic rings. The zero-order chi connectivity index (χ0) is 17.5. The number of hydrazine groups is 1. The standard InChI is InChI=1S/C16H20ClN5O2/c1-3-4-10-22-15(17)12(11(2)21-22)7-8-14(23)19-20-16(24)13-6-5-9-18-13/h5-9,18H,3-4,10H2,1-2H3,(H,19,23)(H,20,24)/b8-7+. The Bertz CT molecular complexity index is 734. The highest BCUT2D eigenvalue weighted by Gasteiger charge is 2.11. The van der Waals surface area contributed by atoms with E-state index >= 15 is 0 Å². The minimum Gasteiger partial charge on any atom is -0.357 e. The lowest BCUT2D eigenvalue weighted by Gasteiger charge is -2.03. The summed E-state index contributed by atoms with van der Waals surface area (Å²) in [5.74, 6) is -0.893. The second-order valence-corrected chi connectivity index (χ2v) is 5.59. The molecule has 0 unspecified atom stereocenters. The molecule has 2 amide bonds. The number of H-pyrrole nitrogens is 1. The minimum atomic E-state index is -0.466. The van der Waals surface area contributed by atoms with Gasteiger partial charge in [0.25, 0.3) is 11.8 Å². The number of carbonyl (C=O) groups is 2. The van der Waals surface area contributed by atoms with E-state index in [1.165, 1.54) is 6.08 Å². The van der Waals surface area contributed by atoms with E-state index in [9.17, 15) is 9.59 Å². The van der Waals surface area contributed by atoms with Gasteiger partial charge < -0.3 is 4.98 Å². The van der Waals surface area contributed by atoms with Gasteiger partial charge in [-0.2, -0.15) is 5.10 Å². The molecule has 0 aliphatic heterocycles. The van der Waals surface area contributed by atoms with Crippen molar-refractivity contribution in [3.8, 4) is 0 Å². The second kappa shape index (κ2) is 8.35. The molecular weight excluding hydrogens is 330 g/mol. The fourth-order valence-electron chi connectivity index (χ4n) is 2.07. The van der Waals surface area contributed by atoms with Crippen molar-refractivity contribution in [2.45, 2.75) is 33.2 Å². The number of nitrogens with one attached hydrogen (secondary N) is 3. The Morgan fingerprint density at radius 2 is 2.21 bits per heavy atom. The number of aromatic amines is 1. The Kier molecular flexibility index (Phi) is 6.20. The fraction of sp³-hybridized carbons (Fsp3) is 0.312. The van der Waals surface area contributed by atoms with Crippen LogP contribution in [0.25, 0.3) is 6.08 Å². The van der Waals surface area contributed by atoms with Crippen LogP contribution in [0.3, 0.4) is 0 Å². The van der Waals surface area contributed by atoms with Gasteiger partial charge in [0.05, 0.1) is 5.69 Å². The van der Waals surface area contributed by atoms with E-state index in [1.807, 2.05) is 6.92 Å². The Labute approximate surface area is 145 Å². The number of nitrogens with zero attached hydrogens (tertiary/aromatic N) is 2. The molecule has 0 fully saturated rings. The fourth-order valence-corrected chi connectivity index (χ4v) is 2.39. The molecule has 8 heteroatoms. The summed E-state index contributed by atoms with van der Waals surface area (Å²) in [5, 5.41) is 4.86. The van der Waals surface area contributed by atoms with Crippen molar-refractivity contribution in [3.05, 3.63) is 46.5 Å². The van der Waals surface area contributed by atoms with Crippen LogP contribution in [-0.4, -0.2) is 26.6 Å². The maximum atomic E-state index is 11.8. The van der Waals surface area contributed by atoms with Crippen molar-refractivity contribution in [2.24, 2.45) is 0 Å². The summed E-state index contributed by atoms with van der Waals surface area (Å²) in [4.78, 5) is 26.2. The third-order valence-electron chi connectivity index (χ3n) is 3.38. The summed E-state index contributed by atoms with van der Waals surface area (Å²) in [6.45, 7) is 4.66. The van der Waals surface area contributed by atoms with E-state index in [2.05, 4.69) is 27.9 Å². The van der Waals surface area contributed by atoms with Crippen molar-refractivity contribution in [1.82, 2.24) is 25.6 Å². The van der Waals surface area contributed by atoms with Gasteiger partial charge in [-0.05, 0) is 31.6 Å². The molecule has 128 valence electrons. The number of carbonyl (C=O) groups excluding carboxylic acids is 2. The predicted octanol–water partition coefficient (Wildman–Crippen LogP) is 2.45. The first kappa shape index (κ1) is 17.8. The average Bonchev–Trinajstić information content (AvgIpc) is 3.18. The molecule has 0 saturated heterocycles. The lowest BCUT2D eigenvalue weighted by atomic mass is 10.2. The number of rotatable bonds is 6. The normalized spacial score (nSPS) is 11.0.